The molecular weight excluding hydrogens is 164 g/mol. The number of nitrogens with one attached hydrogen (secondary N) is 1. The third-order valence-electron chi connectivity index (χ3n) is 1.29. The van der Waals surface area contributed by atoms with E-state index >= 15 is 0 Å². The molecule has 0 aromatic carbocycles. The third kappa shape index (κ3) is 3.18. The Labute approximate surface area is 65.5 Å². The molecule has 62 valence electrons. The number of sulfone groups is 1. The van der Waals surface area contributed by atoms with E-state index in [1.807, 2.05) is 0 Å². The highest BCUT2D eigenvalue weighted by Gasteiger charge is 2.03. The van der Waals surface area contributed by atoms with Gasteiger partial charge in [-0.1, -0.05) is 0 Å². The fraction of sp³-hybridized carbons (Fsp3) is 0.500. The molecule has 0 saturated heterocycles. The second-order valence-electron chi connectivity index (χ2n) is 2.45. The van der Waals surface area contributed by atoms with Crippen LogP contribution in [0.15, 0.2) is 12.3 Å². The number of aromatic amines is 1. The van der Waals surface area contributed by atoms with E-state index in [1.54, 1.807) is 12.3 Å². The van der Waals surface area contributed by atoms with Gasteiger partial charge in [-0.25, -0.2) is 8.42 Å². The van der Waals surface area contributed by atoms with Crippen LogP contribution in [0.25, 0.3) is 0 Å². The van der Waals surface area contributed by atoms with Crippen LogP contribution < -0.4 is 0 Å². The van der Waals surface area contributed by atoms with Crippen molar-refractivity contribution in [2.24, 2.45) is 0 Å². The van der Waals surface area contributed by atoms with Crippen LogP contribution in [0, 0.1) is 0 Å². The Kier molecular flexibility index (Phi) is 2.28. The third-order valence-corrected chi connectivity index (χ3v) is 2.23. The lowest BCUT2D eigenvalue weighted by Gasteiger charge is -1.92. The summed E-state index contributed by atoms with van der Waals surface area (Å²) in [4.78, 5) is 0. The van der Waals surface area contributed by atoms with E-state index < -0.39 is 9.84 Å². The number of hydrogen-bond acceptors (Lipinski definition) is 3. The minimum Gasteiger partial charge on any atom is -0.285 e. The smallest absolute Gasteiger partial charge is 0.147 e. The van der Waals surface area contributed by atoms with E-state index in [0.29, 0.717) is 6.42 Å². The lowest BCUT2D eigenvalue weighted by molar-refractivity contribution is 0.600. The van der Waals surface area contributed by atoms with E-state index in [1.165, 1.54) is 6.26 Å². The van der Waals surface area contributed by atoms with E-state index in [9.17, 15) is 8.42 Å². The Morgan fingerprint density at radius 1 is 1.64 bits per heavy atom. The lowest BCUT2D eigenvalue weighted by atomic mass is 10.3. The van der Waals surface area contributed by atoms with Crippen molar-refractivity contribution < 1.29 is 8.42 Å². The summed E-state index contributed by atoms with van der Waals surface area (Å²) >= 11 is 0. The molecule has 5 heteroatoms. The van der Waals surface area contributed by atoms with Crippen molar-refractivity contribution in [2.75, 3.05) is 12.0 Å². The minimum absolute atomic E-state index is 0.165. The number of aromatic nitrogens is 2. The SMILES string of the molecule is CS(=O)(=O)CCc1cc[nH]n1. The van der Waals surface area contributed by atoms with Crippen LogP contribution in [-0.2, 0) is 16.3 Å². The first-order valence-corrected chi connectivity index (χ1v) is 5.30. The second kappa shape index (κ2) is 3.04. The fourth-order valence-corrected chi connectivity index (χ4v) is 1.30. The van der Waals surface area contributed by atoms with Gasteiger partial charge in [0.05, 0.1) is 11.4 Å². The van der Waals surface area contributed by atoms with Gasteiger partial charge < -0.3 is 0 Å². The largest absolute Gasteiger partial charge is 0.285 e. The normalized spacial score (nSPS) is 11.7. The molecule has 1 aromatic rings. The van der Waals surface area contributed by atoms with E-state index in [-0.39, 0.29) is 5.75 Å². The number of H-pyrrole nitrogens is 1. The molecule has 0 saturated carbocycles. The summed E-state index contributed by atoms with van der Waals surface area (Å²) in [5.74, 6) is 0.165. The molecule has 0 aliphatic heterocycles. The lowest BCUT2D eigenvalue weighted by Crippen LogP contribution is -2.05. The number of nitrogens with zero attached hydrogens (tertiary/aromatic N) is 1. The van der Waals surface area contributed by atoms with Gasteiger partial charge in [-0.3, -0.25) is 5.10 Å². The molecule has 0 bridgehead atoms. The van der Waals surface area contributed by atoms with Gasteiger partial charge in [-0.2, -0.15) is 5.10 Å². The van der Waals surface area contributed by atoms with Crippen LogP contribution in [0.1, 0.15) is 5.69 Å². The molecule has 4 nitrogen and oxygen atoms in total. The van der Waals surface area contributed by atoms with Crippen LogP contribution >= 0.6 is 0 Å². The van der Waals surface area contributed by atoms with Gasteiger partial charge in [0, 0.05) is 18.9 Å². The van der Waals surface area contributed by atoms with Crippen molar-refractivity contribution in [1.29, 1.82) is 0 Å². The first kappa shape index (κ1) is 8.26. The van der Waals surface area contributed by atoms with Gasteiger partial charge in [0.2, 0.25) is 0 Å². The van der Waals surface area contributed by atoms with Gasteiger partial charge in [-0.05, 0) is 6.07 Å². The van der Waals surface area contributed by atoms with Crippen molar-refractivity contribution in [2.45, 2.75) is 6.42 Å². The fourth-order valence-electron chi connectivity index (χ4n) is 0.720. The Balaban J connectivity index is 2.48. The Morgan fingerprint density at radius 2 is 2.36 bits per heavy atom. The van der Waals surface area contributed by atoms with Crippen LogP contribution in [-0.4, -0.2) is 30.6 Å². The minimum atomic E-state index is -2.85. The molecule has 0 fully saturated rings. The summed E-state index contributed by atoms with van der Waals surface area (Å²) in [6, 6.07) is 1.77. The highest BCUT2D eigenvalue weighted by atomic mass is 32.2. The number of aryl methyl sites for hydroxylation is 1. The quantitative estimate of drug-likeness (QED) is 0.701. The summed E-state index contributed by atoms with van der Waals surface area (Å²) in [5.41, 5.74) is 0.787. The van der Waals surface area contributed by atoms with Crippen molar-refractivity contribution in [3.8, 4) is 0 Å². The Morgan fingerprint density at radius 3 is 2.82 bits per heavy atom. The summed E-state index contributed by atoms with van der Waals surface area (Å²) in [6.07, 6.45) is 3.39. The van der Waals surface area contributed by atoms with Gasteiger partial charge in [0.15, 0.2) is 0 Å². The van der Waals surface area contributed by atoms with Crippen LogP contribution in [0.5, 0.6) is 0 Å². The van der Waals surface area contributed by atoms with Crippen molar-refractivity contribution in [3.63, 3.8) is 0 Å². The van der Waals surface area contributed by atoms with Crippen molar-refractivity contribution >= 4 is 9.84 Å². The predicted molar refractivity (Wildman–Crippen MR) is 42.0 cm³/mol. The Hall–Kier alpha value is -0.840. The maximum Gasteiger partial charge on any atom is 0.147 e. The molecule has 0 aliphatic carbocycles. The molecule has 1 rings (SSSR count). The first-order chi connectivity index (χ1) is 5.08. The average molecular weight is 174 g/mol. The molecule has 0 atom stereocenters. The van der Waals surface area contributed by atoms with Crippen molar-refractivity contribution in [1.82, 2.24) is 10.2 Å². The molecule has 1 aromatic heterocycles. The molecule has 1 N–H and O–H groups in total. The molecule has 0 aliphatic rings. The highest BCUT2D eigenvalue weighted by Crippen LogP contribution is 1.95. The topological polar surface area (TPSA) is 62.8 Å². The second-order valence-corrected chi connectivity index (χ2v) is 4.71. The van der Waals surface area contributed by atoms with E-state index in [0.717, 1.165) is 5.69 Å². The van der Waals surface area contributed by atoms with Crippen LogP contribution in [0.2, 0.25) is 0 Å². The first-order valence-electron chi connectivity index (χ1n) is 3.24. The zero-order valence-corrected chi connectivity index (χ0v) is 7.06. The molecular formula is C6H10N2O2S. The van der Waals surface area contributed by atoms with Crippen molar-refractivity contribution in [3.05, 3.63) is 18.0 Å². The molecule has 0 amide bonds. The van der Waals surface area contributed by atoms with Gasteiger partial charge in [-0.15, -0.1) is 0 Å². The number of rotatable bonds is 3. The predicted octanol–water partition coefficient (Wildman–Crippen LogP) is -0.00320. The van der Waals surface area contributed by atoms with E-state index in [2.05, 4.69) is 10.2 Å². The van der Waals surface area contributed by atoms with Crippen LogP contribution in [0.4, 0.5) is 0 Å². The molecule has 0 spiro atoms. The summed E-state index contributed by atoms with van der Waals surface area (Å²) in [5, 5.41) is 6.45. The highest BCUT2D eigenvalue weighted by molar-refractivity contribution is 7.90. The zero-order valence-electron chi connectivity index (χ0n) is 6.24. The summed E-state index contributed by atoms with van der Waals surface area (Å²) < 4.78 is 21.4. The Bertz CT molecular complexity index is 301. The summed E-state index contributed by atoms with van der Waals surface area (Å²) in [6.45, 7) is 0. The molecule has 0 radical (unpaired) electrons. The summed E-state index contributed by atoms with van der Waals surface area (Å²) in [7, 11) is -2.85. The van der Waals surface area contributed by atoms with Gasteiger partial charge in [0.25, 0.3) is 0 Å². The standard InChI is InChI=1S/C6H10N2O2S/c1-11(9,10)5-3-6-2-4-7-8-6/h2,4H,3,5H2,1H3,(H,7,8). The van der Waals surface area contributed by atoms with Gasteiger partial charge in [0.1, 0.15) is 9.84 Å². The molecule has 11 heavy (non-hydrogen) atoms. The molecule has 1 heterocycles. The van der Waals surface area contributed by atoms with Gasteiger partial charge >= 0.3 is 0 Å². The molecule has 0 unspecified atom stereocenters. The van der Waals surface area contributed by atoms with Crippen LogP contribution in [0.3, 0.4) is 0 Å². The zero-order chi connectivity index (χ0) is 8.32. The maximum absolute atomic E-state index is 10.7. The van der Waals surface area contributed by atoms with E-state index in [4.69, 9.17) is 0 Å². The maximum atomic E-state index is 10.7. The monoisotopic (exact) mass is 174 g/mol. The average Bonchev–Trinajstić information content (AvgIpc) is 2.32. The number of hydrogen-bond donors (Lipinski definition) is 1.